The largest absolute Gasteiger partial charge is 0.476 e. The molecule has 0 unspecified atom stereocenters. The third-order valence-corrected chi connectivity index (χ3v) is 1.95. The van der Waals surface area contributed by atoms with Gasteiger partial charge in [-0.3, -0.25) is 9.20 Å². The van der Waals surface area contributed by atoms with Crippen LogP contribution < -0.4 is 5.56 Å². The number of nitrogens with zero attached hydrogens (tertiary/aromatic N) is 3. The van der Waals surface area contributed by atoms with Gasteiger partial charge in [0.05, 0.1) is 0 Å². The summed E-state index contributed by atoms with van der Waals surface area (Å²) < 4.78 is 1.17. The number of hydrogen-bond acceptors (Lipinski definition) is 4. The molecule has 2 aromatic heterocycles. The first-order valence-electron chi connectivity index (χ1n) is 4.18. The smallest absolute Gasteiger partial charge is 0.362 e. The van der Waals surface area contributed by atoms with Gasteiger partial charge in [-0.25, -0.2) is 4.79 Å². The number of aryl methyl sites for hydroxylation is 1. The molecular formula is C9H7N3O3. The predicted molar refractivity (Wildman–Crippen MR) is 51.0 cm³/mol. The molecule has 6 heteroatoms. The van der Waals surface area contributed by atoms with Gasteiger partial charge in [0.2, 0.25) is 5.69 Å². The van der Waals surface area contributed by atoms with Gasteiger partial charge in [0, 0.05) is 6.20 Å². The van der Waals surface area contributed by atoms with Gasteiger partial charge in [-0.1, -0.05) is 6.07 Å². The molecule has 0 saturated carbocycles. The molecule has 0 atom stereocenters. The predicted octanol–water partition coefficient (Wildman–Crippen LogP) is 0.0961. The molecule has 0 spiro atoms. The topological polar surface area (TPSA) is 84.6 Å². The first kappa shape index (κ1) is 9.32. The van der Waals surface area contributed by atoms with Crippen LogP contribution in [0.1, 0.15) is 16.1 Å². The first-order chi connectivity index (χ1) is 7.09. The zero-order valence-electron chi connectivity index (χ0n) is 7.84. The average molecular weight is 205 g/mol. The van der Waals surface area contributed by atoms with E-state index in [-0.39, 0.29) is 0 Å². The standard InChI is InChI=1S/C9H7N3O3/c1-5-2-3-6-10-11-7(9(14)15)8(13)12(6)4-5/h2-4H,1H3,(H,14,15). The van der Waals surface area contributed by atoms with Crippen molar-refractivity contribution in [3.05, 3.63) is 39.9 Å². The Kier molecular flexibility index (Phi) is 1.96. The number of carbonyl (C=O) groups is 1. The number of aromatic carboxylic acids is 1. The fourth-order valence-electron chi connectivity index (χ4n) is 1.24. The minimum Gasteiger partial charge on any atom is -0.476 e. The Balaban J connectivity index is 2.89. The minimum absolute atomic E-state index is 0.329. The molecule has 15 heavy (non-hydrogen) atoms. The summed E-state index contributed by atoms with van der Waals surface area (Å²) in [4.78, 5) is 22.2. The van der Waals surface area contributed by atoms with Crippen molar-refractivity contribution in [2.24, 2.45) is 0 Å². The van der Waals surface area contributed by atoms with Gasteiger partial charge in [-0.2, -0.15) is 0 Å². The van der Waals surface area contributed by atoms with Gasteiger partial charge in [-0.05, 0) is 18.6 Å². The van der Waals surface area contributed by atoms with Gasteiger partial charge < -0.3 is 5.11 Å². The van der Waals surface area contributed by atoms with E-state index in [1.807, 2.05) is 0 Å². The number of aromatic nitrogens is 3. The average Bonchev–Trinajstić information content (AvgIpc) is 2.19. The second kappa shape index (κ2) is 3.16. The van der Waals surface area contributed by atoms with E-state index in [4.69, 9.17) is 5.11 Å². The Bertz CT molecular complexity index is 603. The van der Waals surface area contributed by atoms with E-state index in [0.29, 0.717) is 5.65 Å². The number of rotatable bonds is 1. The van der Waals surface area contributed by atoms with E-state index in [2.05, 4.69) is 10.2 Å². The van der Waals surface area contributed by atoms with Crippen molar-refractivity contribution in [1.82, 2.24) is 14.6 Å². The maximum Gasteiger partial charge on any atom is 0.362 e. The third-order valence-electron chi connectivity index (χ3n) is 1.95. The van der Waals surface area contributed by atoms with Crippen molar-refractivity contribution < 1.29 is 9.90 Å². The first-order valence-corrected chi connectivity index (χ1v) is 4.18. The van der Waals surface area contributed by atoms with E-state index in [1.165, 1.54) is 10.6 Å². The van der Waals surface area contributed by atoms with E-state index in [0.717, 1.165) is 5.56 Å². The summed E-state index contributed by atoms with van der Waals surface area (Å²) in [6.45, 7) is 1.80. The van der Waals surface area contributed by atoms with E-state index < -0.39 is 17.2 Å². The molecule has 0 aliphatic heterocycles. The van der Waals surface area contributed by atoms with E-state index in [1.54, 1.807) is 19.1 Å². The third kappa shape index (κ3) is 1.45. The molecule has 6 nitrogen and oxygen atoms in total. The minimum atomic E-state index is -1.37. The Labute approximate surface area is 83.8 Å². The lowest BCUT2D eigenvalue weighted by atomic mass is 10.3. The van der Waals surface area contributed by atoms with Crippen LogP contribution in [0.15, 0.2) is 23.1 Å². The highest BCUT2D eigenvalue weighted by Gasteiger charge is 2.13. The second-order valence-electron chi connectivity index (χ2n) is 3.09. The maximum atomic E-state index is 11.6. The SMILES string of the molecule is Cc1ccc2nnc(C(=O)O)c(=O)n2c1. The Morgan fingerprint density at radius 2 is 2.13 bits per heavy atom. The molecule has 2 heterocycles. The van der Waals surface area contributed by atoms with E-state index in [9.17, 15) is 9.59 Å². The molecule has 0 aromatic carbocycles. The van der Waals surface area contributed by atoms with Gasteiger partial charge in [0.25, 0.3) is 5.56 Å². The van der Waals surface area contributed by atoms with Crippen LogP contribution in [0, 0.1) is 6.92 Å². The molecule has 0 aliphatic carbocycles. The maximum absolute atomic E-state index is 11.6. The fraction of sp³-hybridized carbons (Fsp3) is 0.111. The van der Waals surface area contributed by atoms with Crippen LogP contribution in [0.3, 0.4) is 0 Å². The normalized spacial score (nSPS) is 10.5. The molecule has 2 rings (SSSR count). The molecule has 0 radical (unpaired) electrons. The van der Waals surface area contributed by atoms with Gasteiger partial charge >= 0.3 is 5.97 Å². The molecule has 2 aromatic rings. The van der Waals surface area contributed by atoms with Crippen LogP contribution in [-0.2, 0) is 0 Å². The zero-order chi connectivity index (χ0) is 11.0. The molecule has 1 N–H and O–H groups in total. The molecule has 0 aliphatic rings. The lowest BCUT2D eigenvalue weighted by Crippen LogP contribution is -2.25. The molecule has 0 fully saturated rings. The van der Waals surface area contributed by atoms with Crippen LogP contribution in [0.4, 0.5) is 0 Å². The lowest BCUT2D eigenvalue weighted by molar-refractivity contribution is 0.0686. The highest BCUT2D eigenvalue weighted by Crippen LogP contribution is 1.99. The number of carboxylic acids is 1. The summed E-state index contributed by atoms with van der Waals surface area (Å²) >= 11 is 0. The quantitative estimate of drug-likeness (QED) is 0.713. The number of hydrogen-bond donors (Lipinski definition) is 1. The van der Waals surface area contributed by atoms with Crippen LogP contribution in [-0.4, -0.2) is 25.7 Å². The van der Waals surface area contributed by atoms with Crippen molar-refractivity contribution in [3.8, 4) is 0 Å². The Hall–Kier alpha value is -2.24. The highest BCUT2D eigenvalue weighted by atomic mass is 16.4. The number of pyridine rings is 1. The van der Waals surface area contributed by atoms with Crippen molar-refractivity contribution >= 4 is 11.6 Å². The fourth-order valence-corrected chi connectivity index (χ4v) is 1.24. The van der Waals surface area contributed by atoms with Crippen molar-refractivity contribution in [2.45, 2.75) is 6.92 Å². The van der Waals surface area contributed by atoms with Crippen molar-refractivity contribution in [1.29, 1.82) is 0 Å². The Morgan fingerprint density at radius 3 is 2.80 bits per heavy atom. The Morgan fingerprint density at radius 1 is 1.40 bits per heavy atom. The summed E-state index contributed by atoms with van der Waals surface area (Å²) in [7, 11) is 0. The van der Waals surface area contributed by atoms with Crippen LogP contribution in [0.5, 0.6) is 0 Å². The number of carboxylic acid groups (broad SMARTS) is 1. The molecule has 0 saturated heterocycles. The molecule has 0 amide bonds. The summed E-state index contributed by atoms with van der Waals surface area (Å²) in [5.41, 5.74) is -0.0705. The van der Waals surface area contributed by atoms with Gasteiger partial charge in [-0.15, -0.1) is 10.2 Å². The summed E-state index contributed by atoms with van der Waals surface area (Å²) in [6.07, 6.45) is 1.53. The van der Waals surface area contributed by atoms with Crippen molar-refractivity contribution in [3.63, 3.8) is 0 Å². The second-order valence-corrected chi connectivity index (χ2v) is 3.09. The molecule has 76 valence electrons. The van der Waals surface area contributed by atoms with E-state index >= 15 is 0 Å². The van der Waals surface area contributed by atoms with Gasteiger partial charge in [0.15, 0.2) is 5.65 Å². The van der Waals surface area contributed by atoms with Crippen LogP contribution in [0.25, 0.3) is 5.65 Å². The lowest BCUT2D eigenvalue weighted by Gasteiger charge is -2.00. The zero-order valence-corrected chi connectivity index (χ0v) is 7.84. The number of fused-ring (bicyclic) bond motifs is 1. The summed E-state index contributed by atoms with van der Waals surface area (Å²) in [6, 6.07) is 3.37. The van der Waals surface area contributed by atoms with Crippen molar-refractivity contribution in [2.75, 3.05) is 0 Å². The highest BCUT2D eigenvalue weighted by molar-refractivity contribution is 5.84. The monoisotopic (exact) mass is 205 g/mol. The summed E-state index contributed by atoms with van der Waals surface area (Å²) in [5, 5.41) is 15.7. The molecular weight excluding hydrogens is 198 g/mol. The molecule has 0 bridgehead atoms. The van der Waals surface area contributed by atoms with Crippen LogP contribution >= 0.6 is 0 Å². The van der Waals surface area contributed by atoms with Gasteiger partial charge in [0.1, 0.15) is 0 Å². The van der Waals surface area contributed by atoms with Crippen LogP contribution in [0.2, 0.25) is 0 Å². The summed E-state index contributed by atoms with van der Waals surface area (Å²) in [5.74, 6) is -1.37.